The third-order valence-corrected chi connectivity index (χ3v) is 3.46. The molecule has 120 valence electrons. The minimum Gasteiger partial charge on any atom is -0.461 e. The zero-order chi connectivity index (χ0) is 16.2. The van der Waals surface area contributed by atoms with E-state index in [-0.39, 0.29) is 17.9 Å². The Morgan fingerprint density at radius 2 is 2.13 bits per heavy atom. The van der Waals surface area contributed by atoms with Crippen molar-refractivity contribution < 1.29 is 9.21 Å². The second kappa shape index (κ2) is 6.51. The number of amides is 1. The van der Waals surface area contributed by atoms with Gasteiger partial charge in [0.25, 0.3) is 0 Å². The molecular formula is C16H19N5O2. The van der Waals surface area contributed by atoms with E-state index in [1.165, 1.54) is 0 Å². The quantitative estimate of drug-likeness (QED) is 0.732. The van der Waals surface area contributed by atoms with Gasteiger partial charge in [-0.1, -0.05) is 13.8 Å². The molecule has 3 heterocycles. The first-order valence-corrected chi connectivity index (χ1v) is 7.53. The number of aromatic amines is 1. The lowest BCUT2D eigenvalue weighted by atomic mass is 10.0. The Labute approximate surface area is 133 Å². The van der Waals surface area contributed by atoms with Crippen LogP contribution in [-0.4, -0.2) is 25.7 Å². The van der Waals surface area contributed by atoms with Crippen LogP contribution in [0.4, 0.5) is 5.95 Å². The number of hydrogen-bond acceptors (Lipinski definition) is 4. The minimum absolute atomic E-state index is 0.139. The molecule has 0 unspecified atom stereocenters. The van der Waals surface area contributed by atoms with E-state index in [2.05, 4.69) is 34.3 Å². The van der Waals surface area contributed by atoms with Crippen LogP contribution in [0.15, 0.2) is 47.3 Å². The highest BCUT2D eigenvalue weighted by Gasteiger charge is 2.22. The molecule has 0 aliphatic rings. The predicted octanol–water partition coefficient (Wildman–Crippen LogP) is 3.09. The van der Waals surface area contributed by atoms with E-state index in [1.807, 2.05) is 29.1 Å². The zero-order valence-electron chi connectivity index (χ0n) is 13.1. The van der Waals surface area contributed by atoms with Crippen LogP contribution in [0.3, 0.4) is 0 Å². The fourth-order valence-corrected chi connectivity index (χ4v) is 2.40. The van der Waals surface area contributed by atoms with Crippen molar-refractivity contribution in [2.45, 2.75) is 26.3 Å². The number of hydrogen-bond donors (Lipinski definition) is 2. The molecule has 0 bridgehead atoms. The lowest BCUT2D eigenvalue weighted by molar-refractivity contribution is -0.119. The predicted molar refractivity (Wildman–Crippen MR) is 85.6 cm³/mol. The van der Waals surface area contributed by atoms with Crippen LogP contribution in [0.1, 0.15) is 26.3 Å². The molecule has 23 heavy (non-hydrogen) atoms. The molecule has 0 aliphatic heterocycles. The van der Waals surface area contributed by atoms with Gasteiger partial charge < -0.3 is 8.98 Å². The van der Waals surface area contributed by atoms with Crippen LogP contribution >= 0.6 is 0 Å². The summed E-state index contributed by atoms with van der Waals surface area (Å²) in [6.07, 6.45) is 6.06. The smallest absolute Gasteiger partial charge is 0.249 e. The average molecular weight is 313 g/mol. The third-order valence-electron chi connectivity index (χ3n) is 3.46. The van der Waals surface area contributed by atoms with Crippen molar-refractivity contribution >= 4 is 11.9 Å². The summed E-state index contributed by atoms with van der Waals surface area (Å²) in [4.78, 5) is 16.8. The van der Waals surface area contributed by atoms with Crippen LogP contribution in [0, 0.1) is 5.92 Å². The SMILES string of the molecule is CC(C)C[C@@H](C(=O)Nc1n[nH]c(-c2ccco2)n1)n1cccc1. The fraction of sp³-hybridized carbons (Fsp3) is 0.312. The van der Waals surface area contributed by atoms with Gasteiger partial charge in [0, 0.05) is 12.4 Å². The molecule has 0 radical (unpaired) electrons. The van der Waals surface area contributed by atoms with E-state index < -0.39 is 0 Å². The van der Waals surface area contributed by atoms with Crippen molar-refractivity contribution in [2.24, 2.45) is 5.92 Å². The van der Waals surface area contributed by atoms with E-state index >= 15 is 0 Å². The summed E-state index contributed by atoms with van der Waals surface area (Å²) in [5.41, 5.74) is 0. The molecular weight excluding hydrogens is 294 g/mol. The van der Waals surface area contributed by atoms with Crippen molar-refractivity contribution in [2.75, 3.05) is 5.32 Å². The van der Waals surface area contributed by atoms with E-state index in [4.69, 9.17) is 4.42 Å². The largest absolute Gasteiger partial charge is 0.461 e. The molecule has 0 fully saturated rings. The number of rotatable bonds is 6. The maximum Gasteiger partial charge on any atom is 0.249 e. The van der Waals surface area contributed by atoms with Crippen molar-refractivity contribution in [3.05, 3.63) is 42.9 Å². The number of nitrogens with zero attached hydrogens (tertiary/aromatic N) is 3. The number of H-pyrrole nitrogens is 1. The monoisotopic (exact) mass is 313 g/mol. The molecule has 2 N–H and O–H groups in total. The molecule has 0 aliphatic carbocycles. The molecule has 0 aromatic carbocycles. The molecule has 0 saturated heterocycles. The van der Waals surface area contributed by atoms with Crippen LogP contribution in [0.2, 0.25) is 0 Å². The lowest BCUT2D eigenvalue weighted by Crippen LogP contribution is -2.27. The van der Waals surface area contributed by atoms with Gasteiger partial charge in [-0.15, -0.1) is 5.10 Å². The summed E-state index contributed by atoms with van der Waals surface area (Å²) in [5.74, 6) is 1.54. The van der Waals surface area contributed by atoms with E-state index in [1.54, 1.807) is 18.4 Å². The summed E-state index contributed by atoms with van der Waals surface area (Å²) in [7, 11) is 0. The highest BCUT2D eigenvalue weighted by molar-refractivity contribution is 5.92. The summed E-state index contributed by atoms with van der Waals surface area (Å²) >= 11 is 0. The minimum atomic E-state index is -0.296. The van der Waals surface area contributed by atoms with Crippen LogP contribution in [0.25, 0.3) is 11.6 Å². The highest BCUT2D eigenvalue weighted by Crippen LogP contribution is 2.20. The second-order valence-corrected chi connectivity index (χ2v) is 5.75. The first kappa shape index (κ1) is 15.1. The summed E-state index contributed by atoms with van der Waals surface area (Å²) < 4.78 is 7.14. The Kier molecular flexibility index (Phi) is 4.27. The Morgan fingerprint density at radius 3 is 2.78 bits per heavy atom. The van der Waals surface area contributed by atoms with Gasteiger partial charge in [0.1, 0.15) is 6.04 Å². The van der Waals surface area contributed by atoms with Crippen molar-refractivity contribution in [1.82, 2.24) is 19.7 Å². The Morgan fingerprint density at radius 1 is 1.35 bits per heavy atom. The van der Waals surface area contributed by atoms with Crippen molar-refractivity contribution in [3.63, 3.8) is 0 Å². The van der Waals surface area contributed by atoms with E-state index in [0.29, 0.717) is 17.5 Å². The summed E-state index contributed by atoms with van der Waals surface area (Å²) in [6, 6.07) is 7.05. The standard InChI is InChI=1S/C16H19N5O2/c1-11(2)10-12(21-7-3-4-8-21)15(22)18-16-17-14(19-20-16)13-6-5-9-23-13/h3-9,11-12H,10H2,1-2H3,(H2,17,18,19,20,22)/t12-/m0/s1. The topological polar surface area (TPSA) is 88.7 Å². The van der Waals surface area contributed by atoms with Gasteiger partial charge in [-0.05, 0) is 36.6 Å². The zero-order valence-corrected chi connectivity index (χ0v) is 13.1. The molecule has 7 heteroatoms. The number of anilines is 1. The number of carbonyl (C=O) groups excluding carboxylic acids is 1. The van der Waals surface area contributed by atoms with Crippen LogP contribution in [0.5, 0.6) is 0 Å². The Balaban J connectivity index is 1.74. The Hall–Kier alpha value is -2.83. The van der Waals surface area contributed by atoms with Gasteiger partial charge in [0.2, 0.25) is 11.9 Å². The van der Waals surface area contributed by atoms with Gasteiger partial charge in [-0.25, -0.2) is 0 Å². The molecule has 0 spiro atoms. The molecule has 3 aromatic heterocycles. The molecule has 0 saturated carbocycles. The second-order valence-electron chi connectivity index (χ2n) is 5.75. The van der Waals surface area contributed by atoms with Gasteiger partial charge >= 0.3 is 0 Å². The van der Waals surface area contributed by atoms with Crippen molar-refractivity contribution in [1.29, 1.82) is 0 Å². The molecule has 3 aromatic rings. The number of carbonyl (C=O) groups is 1. The molecule has 3 rings (SSSR count). The van der Waals surface area contributed by atoms with Gasteiger partial charge in [-0.3, -0.25) is 15.2 Å². The average Bonchev–Trinajstić information content (AvgIpc) is 3.25. The molecule has 1 amide bonds. The van der Waals surface area contributed by atoms with Crippen LogP contribution < -0.4 is 5.32 Å². The molecule has 7 nitrogen and oxygen atoms in total. The molecule has 1 atom stereocenters. The number of furan rings is 1. The summed E-state index contributed by atoms with van der Waals surface area (Å²) in [5, 5.41) is 9.53. The normalized spacial score (nSPS) is 12.5. The third kappa shape index (κ3) is 3.50. The first-order valence-electron chi connectivity index (χ1n) is 7.53. The van der Waals surface area contributed by atoms with Gasteiger partial charge in [0.15, 0.2) is 11.6 Å². The van der Waals surface area contributed by atoms with Crippen molar-refractivity contribution in [3.8, 4) is 11.6 Å². The maximum absolute atomic E-state index is 12.6. The highest BCUT2D eigenvalue weighted by atomic mass is 16.3. The van der Waals surface area contributed by atoms with Crippen LogP contribution in [-0.2, 0) is 4.79 Å². The maximum atomic E-state index is 12.6. The number of aromatic nitrogens is 4. The van der Waals surface area contributed by atoms with Gasteiger partial charge in [-0.2, -0.15) is 4.98 Å². The van der Waals surface area contributed by atoms with Gasteiger partial charge in [0.05, 0.1) is 6.26 Å². The first-order chi connectivity index (χ1) is 11.1. The summed E-state index contributed by atoms with van der Waals surface area (Å²) in [6.45, 7) is 4.18. The Bertz CT molecular complexity index is 743. The number of nitrogens with one attached hydrogen (secondary N) is 2. The fourth-order valence-electron chi connectivity index (χ4n) is 2.40. The van der Waals surface area contributed by atoms with E-state index in [0.717, 1.165) is 6.42 Å². The van der Waals surface area contributed by atoms with E-state index in [9.17, 15) is 4.79 Å². The lowest BCUT2D eigenvalue weighted by Gasteiger charge is -2.19.